The predicted octanol–water partition coefficient (Wildman–Crippen LogP) is 4.15. The number of alkyl halides is 3. The van der Waals surface area contributed by atoms with E-state index >= 15 is 0 Å². The van der Waals surface area contributed by atoms with E-state index in [2.05, 4.69) is 9.71 Å². The van der Waals surface area contributed by atoms with Gasteiger partial charge in [0.2, 0.25) is 10.0 Å². The second-order valence-corrected chi connectivity index (χ2v) is 10.3. The summed E-state index contributed by atoms with van der Waals surface area (Å²) < 4.78 is 70.3. The molecule has 2 atom stereocenters. The first-order valence-electron chi connectivity index (χ1n) is 11.0. The molecular formula is C23H28F3N3O4S. The van der Waals surface area contributed by atoms with Crippen LogP contribution in [0.25, 0.3) is 11.3 Å². The minimum Gasteiger partial charge on any atom is -0.447 e. The van der Waals surface area contributed by atoms with Crippen LogP contribution >= 0.6 is 0 Å². The summed E-state index contributed by atoms with van der Waals surface area (Å²) in [6.45, 7) is 3.67. The summed E-state index contributed by atoms with van der Waals surface area (Å²) in [4.78, 5) is 18.8. The molecule has 1 aromatic heterocycles. The number of hydrogen-bond acceptors (Lipinski definition) is 5. The molecule has 0 bridgehead atoms. The van der Waals surface area contributed by atoms with E-state index in [9.17, 15) is 26.4 Å². The maximum atomic E-state index is 12.8. The van der Waals surface area contributed by atoms with Crippen molar-refractivity contribution in [1.82, 2.24) is 14.6 Å². The highest BCUT2D eigenvalue weighted by atomic mass is 32.2. The quantitative estimate of drug-likeness (QED) is 0.618. The van der Waals surface area contributed by atoms with Crippen molar-refractivity contribution >= 4 is 16.1 Å². The van der Waals surface area contributed by atoms with E-state index in [0.717, 1.165) is 5.56 Å². The molecule has 2 heterocycles. The molecule has 0 spiro atoms. The van der Waals surface area contributed by atoms with E-state index in [1.807, 2.05) is 36.4 Å². The lowest BCUT2D eigenvalue weighted by Crippen LogP contribution is -2.58. The second kappa shape index (κ2) is 10.7. The zero-order valence-corrected chi connectivity index (χ0v) is 19.8. The van der Waals surface area contributed by atoms with Gasteiger partial charge in [0, 0.05) is 30.3 Å². The Labute approximate surface area is 197 Å². The number of ether oxygens (including phenoxy) is 1. The van der Waals surface area contributed by atoms with Gasteiger partial charge in [-0.25, -0.2) is 17.9 Å². The first-order valence-corrected chi connectivity index (χ1v) is 12.6. The number of likely N-dealkylation sites (tertiary alicyclic amines) is 1. The maximum absolute atomic E-state index is 12.8. The molecule has 2 aromatic rings. The Morgan fingerprint density at radius 2 is 1.88 bits per heavy atom. The lowest BCUT2D eigenvalue weighted by atomic mass is 9.93. The number of halogens is 3. The van der Waals surface area contributed by atoms with Crippen molar-refractivity contribution < 1.29 is 31.1 Å². The lowest BCUT2D eigenvalue weighted by Gasteiger charge is -2.41. The van der Waals surface area contributed by atoms with E-state index in [1.54, 1.807) is 26.0 Å². The number of carbonyl (C=O) groups is 1. The molecule has 1 fully saturated rings. The number of nitrogens with zero attached hydrogens (tertiary/aromatic N) is 2. The van der Waals surface area contributed by atoms with Gasteiger partial charge in [0.15, 0.2) is 5.75 Å². The van der Waals surface area contributed by atoms with Crippen LogP contribution in [0.3, 0.4) is 0 Å². The van der Waals surface area contributed by atoms with Crippen LogP contribution in [0.5, 0.6) is 0 Å². The molecule has 0 radical (unpaired) electrons. The van der Waals surface area contributed by atoms with Gasteiger partial charge in [0.05, 0.1) is 17.8 Å². The number of nitrogens with one attached hydrogen (secondary N) is 1. The van der Waals surface area contributed by atoms with E-state index in [1.165, 1.54) is 4.90 Å². The number of carbonyl (C=O) groups excluding carboxylic acids is 1. The molecule has 11 heteroatoms. The largest absolute Gasteiger partial charge is 0.447 e. The molecule has 1 saturated heterocycles. The summed E-state index contributed by atoms with van der Waals surface area (Å²) in [7, 11) is -4.66. The van der Waals surface area contributed by atoms with Crippen molar-refractivity contribution in [1.29, 1.82) is 0 Å². The Morgan fingerprint density at radius 1 is 1.18 bits per heavy atom. The van der Waals surface area contributed by atoms with Gasteiger partial charge in [-0.15, -0.1) is 0 Å². The van der Waals surface area contributed by atoms with Gasteiger partial charge in [-0.2, -0.15) is 13.2 Å². The number of benzene rings is 1. The molecule has 1 N–H and O–H groups in total. The fraction of sp³-hybridized carbons (Fsp3) is 0.478. The van der Waals surface area contributed by atoms with Crippen LogP contribution in [-0.2, 0) is 21.2 Å². The smallest absolute Gasteiger partial charge is 0.410 e. The van der Waals surface area contributed by atoms with Crippen molar-refractivity contribution in [3.63, 3.8) is 0 Å². The average Bonchev–Trinajstić information content (AvgIpc) is 2.73. The van der Waals surface area contributed by atoms with E-state index in [-0.39, 0.29) is 12.8 Å². The van der Waals surface area contributed by atoms with Gasteiger partial charge in [0.25, 0.3) is 0 Å². The fourth-order valence-electron chi connectivity index (χ4n) is 4.01. The average molecular weight is 500 g/mol. The van der Waals surface area contributed by atoms with Gasteiger partial charge in [-0.05, 0) is 38.8 Å². The van der Waals surface area contributed by atoms with E-state index in [0.29, 0.717) is 24.4 Å². The Hall–Kier alpha value is -2.66. The highest BCUT2D eigenvalue weighted by Gasteiger charge is 2.41. The molecule has 186 valence electrons. The van der Waals surface area contributed by atoms with Gasteiger partial charge in [-0.1, -0.05) is 36.4 Å². The van der Waals surface area contributed by atoms with Gasteiger partial charge < -0.3 is 9.64 Å². The third-order valence-corrected chi connectivity index (χ3v) is 6.70. The molecule has 34 heavy (non-hydrogen) atoms. The summed E-state index contributed by atoms with van der Waals surface area (Å²) in [6, 6.07) is 13.1. The van der Waals surface area contributed by atoms with Crippen LogP contribution in [-0.4, -0.2) is 61.1 Å². The van der Waals surface area contributed by atoms with Crippen LogP contribution in [0.4, 0.5) is 18.0 Å². The van der Waals surface area contributed by atoms with Crippen molar-refractivity contribution in [3.05, 3.63) is 54.2 Å². The van der Waals surface area contributed by atoms with Gasteiger partial charge >= 0.3 is 12.3 Å². The standard InChI is InChI=1S/C23H28F3N3O4S/c1-16(2)33-22(30)29-13-7-12-20(28-34(31,32)15-23(24,25)26)21(29)14-18-10-6-11-19(27-18)17-8-4-3-5-9-17/h3-6,8-11,16,20-21,28H,7,12-15H2,1-2H3. The lowest BCUT2D eigenvalue weighted by molar-refractivity contribution is -0.106. The maximum Gasteiger partial charge on any atom is 0.410 e. The summed E-state index contributed by atoms with van der Waals surface area (Å²) >= 11 is 0. The number of rotatable bonds is 7. The number of hydrogen-bond donors (Lipinski definition) is 1. The molecular weight excluding hydrogens is 471 g/mol. The molecule has 1 aliphatic rings. The summed E-state index contributed by atoms with van der Waals surface area (Å²) in [5.74, 6) is -1.98. The number of sulfonamides is 1. The summed E-state index contributed by atoms with van der Waals surface area (Å²) in [5, 5.41) is 0. The molecule has 1 aromatic carbocycles. The molecule has 1 aliphatic heterocycles. The highest BCUT2D eigenvalue weighted by Crippen LogP contribution is 2.25. The number of piperidine rings is 1. The van der Waals surface area contributed by atoms with Crippen molar-refractivity contribution in [2.45, 2.75) is 57.5 Å². The third kappa shape index (κ3) is 7.42. The Bertz CT molecular complexity index is 1080. The van der Waals surface area contributed by atoms with Crippen LogP contribution in [0.2, 0.25) is 0 Å². The van der Waals surface area contributed by atoms with Crippen molar-refractivity contribution in [2.75, 3.05) is 12.3 Å². The Morgan fingerprint density at radius 3 is 2.53 bits per heavy atom. The van der Waals surface area contributed by atoms with E-state index < -0.39 is 46.2 Å². The molecule has 1 amide bonds. The second-order valence-electron chi connectivity index (χ2n) is 8.52. The normalized spacial score (nSPS) is 19.3. The first kappa shape index (κ1) is 26.0. The van der Waals surface area contributed by atoms with Crippen LogP contribution in [0, 0.1) is 0 Å². The first-order chi connectivity index (χ1) is 15.9. The number of pyridine rings is 1. The van der Waals surface area contributed by atoms with Crippen LogP contribution in [0.1, 0.15) is 32.4 Å². The predicted molar refractivity (Wildman–Crippen MR) is 121 cm³/mol. The van der Waals surface area contributed by atoms with E-state index in [4.69, 9.17) is 4.74 Å². The topological polar surface area (TPSA) is 88.6 Å². The molecule has 2 unspecified atom stereocenters. The third-order valence-electron chi connectivity index (χ3n) is 5.33. The highest BCUT2D eigenvalue weighted by molar-refractivity contribution is 7.89. The minimum absolute atomic E-state index is 0.146. The molecule has 7 nitrogen and oxygen atoms in total. The summed E-state index contributed by atoms with van der Waals surface area (Å²) in [5.41, 5.74) is 2.15. The minimum atomic E-state index is -4.88. The molecule has 3 rings (SSSR count). The molecule has 0 saturated carbocycles. The molecule has 0 aliphatic carbocycles. The van der Waals surface area contributed by atoms with Crippen LogP contribution in [0.15, 0.2) is 48.5 Å². The zero-order chi connectivity index (χ0) is 24.9. The van der Waals surface area contributed by atoms with Crippen LogP contribution < -0.4 is 4.72 Å². The monoisotopic (exact) mass is 499 g/mol. The zero-order valence-electron chi connectivity index (χ0n) is 19.0. The number of aromatic nitrogens is 1. The Balaban J connectivity index is 1.90. The van der Waals surface area contributed by atoms with Crippen molar-refractivity contribution in [2.24, 2.45) is 0 Å². The fourth-order valence-corrected chi connectivity index (χ4v) is 5.26. The SMILES string of the molecule is CC(C)OC(=O)N1CCCC(NS(=O)(=O)CC(F)(F)F)C1Cc1cccc(-c2ccccc2)n1. The number of amides is 1. The Kier molecular flexibility index (Phi) is 8.19. The van der Waals surface area contributed by atoms with Gasteiger partial charge in [-0.3, -0.25) is 4.98 Å². The van der Waals surface area contributed by atoms with Gasteiger partial charge in [0.1, 0.15) is 0 Å². The van der Waals surface area contributed by atoms with Crippen molar-refractivity contribution in [3.8, 4) is 11.3 Å². The summed E-state index contributed by atoms with van der Waals surface area (Å²) in [6.07, 6.45) is -5.08.